The predicted octanol–water partition coefficient (Wildman–Crippen LogP) is 2.67. The van der Waals surface area contributed by atoms with Gasteiger partial charge in [-0.15, -0.1) is 0 Å². The van der Waals surface area contributed by atoms with Crippen molar-refractivity contribution in [3.63, 3.8) is 0 Å². The molecule has 0 unspecified atom stereocenters. The Labute approximate surface area is 212 Å². The zero-order valence-electron chi connectivity index (χ0n) is 21.9. The van der Waals surface area contributed by atoms with E-state index in [0.717, 1.165) is 0 Å². The lowest BCUT2D eigenvalue weighted by Crippen LogP contribution is -2.46. The highest BCUT2D eigenvalue weighted by atomic mass is 28.4. The van der Waals surface area contributed by atoms with Crippen LogP contribution in [0.1, 0.15) is 53.9 Å². The van der Waals surface area contributed by atoms with Crippen molar-refractivity contribution >= 4 is 29.6 Å². The molecule has 0 heterocycles. The van der Waals surface area contributed by atoms with Gasteiger partial charge in [0.1, 0.15) is 0 Å². The fourth-order valence-corrected chi connectivity index (χ4v) is 8.20. The molecule has 0 aliphatic rings. The standard InChI is InChI=1S/C22H44N2O9Si2/c1-7-28-34(29-8-2,30-9-3)18-14-13-16-23-21(25)20-27-22(26)24-17-15-19-35(31-10-4,32-11-5)33-12-6/h1H,8-20H2,2-6H3,(H,23,25)(H,24,26). The number of rotatable bonds is 22. The van der Waals surface area contributed by atoms with Crippen LogP contribution < -0.4 is 10.6 Å². The number of nitrogens with one attached hydrogen (secondary N) is 2. The molecule has 0 radical (unpaired) electrons. The summed E-state index contributed by atoms with van der Waals surface area (Å²) in [5.41, 5.74) is 0. The third-order valence-corrected chi connectivity index (χ3v) is 10.5. The molecule has 11 nitrogen and oxygen atoms in total. The van der Waals surface area contributed by atoms with Gasteiger partial charge in [-0.3, -0.25) is 4.79 Å². The summed E-state index contributed by atoms with van der Waals surface area (Å²) in [6.45, 7) is 12.2. The van der Waals surface area contributed by atoms with E-state index in [1.165, 1.54) is 0 Å². The van der Waals surface area contributed by atoms with Gasteiger partial charge in [0.2, 0.25) is 0 Å². The van der Waals surface area contributed by atoms with Gasteiger partial charge < -0.3 is 41.9 Å². The third kappa shape index (κ3) is 15.1. The highest BCUT2D eigenvalue weighted by Gasteiger charge is 2.42. The lowest BCUT2D eigenvalue weighted by Gasteiger charge is -2.28. The molecular weight excluding hydrogens is 492 g/mol. The smallest absolute Gasteiger partial charge is 0.451 e. The van der Waals surface area contributed by atoms with Gasteiger partial charge in [-0.1, -0.05) is 6.42 Å². The third-order valence-electron chi connectivity index (χ3n) is 4.53. The Kier molecular flexibility index (Phi) is 19.5. The number of terminal acetylenes is 1. The lowest BCUT2D eigenvalue weighted by atomic mass is 10.3. The van der Waals surface area contributed by atoms with Crippen molar-refractivity contribution in [2.75, 3.05) is 52.7 Å². The molecule has 0 fully saturated rings. The van der Waals surface area contributed by atoms with Crippen LogP contribution in [0.15, 0.2) is 0 Å². The van der Waals surface area contributed by atoms with E-state index >= 15 is 0 Å². The first-order valence-electron chi connectivity index (χ1n) is 12.4. The Balaban J connectivity index is 4.16. The number of hydrogen-bond acceptors (Lipinski definition) is 9. The first kappa shape index (κ1) is 33.3. The van der Waals surface area contributed by atoms with Crippen LogP contribution in [0.25, 0.3) is 0 Å². The molecule has 204 valence electrons. The average Bonchev–Trinajstić information content (AvgIpc) is 2.81. The Bertz CT molecular complexity index is 597. The number of amides is 2. The van der Waals surface area contributed by atoms with E-state index in [0.29, 0.717) is 77.5 Å². The number of alkyl carbamates (subject to hydrolysis) is 1. The van der Waals surface area contributed by atoms with E-state index in [1.807, 2.05) is 34.6 Å². The minimum absolute atomic E-state index is 0.355. The van der Waals surface area contributed by atoms with Crippen LogP contribution in [-0.2, 0) is 36.1 Å². The first-order valence-corrected chi connectivity index (χ1v) is 16.2. The molecular formula is C22H44N2O9Si2. The van der Waals surface area contributed by atoms with Gasteiger partial charge in [0, 0.05) is 58.2 Å². The maximum atomic E-state index is 11.9. The highest BCUT2D eigenvalue weighted by molar-refractivity contribution is 6.61. The maximum Gasteiger partial charge on any atom is 0.574 e. The highest BCUT2D eigenvalue weighted by Crippen LogP contribution is 2.19. The van der Waals surface area contributed by atoms with Crippen LogP contribution >= 0.6 is 0 Å². The molecule has 0 aliphatic carbocycles. The van der Waals surface area contributed by atoms with Crippen LogP contribution in [0.4, 0.5) is 4.79 Å². The molecule has 2 amide bonds. The number of unbranched alkanes of at least 4 members (excludes halogenated alkanes) is 1. The van der Waals surface area contributed by atoms with Gasteiger partial charge in [0.15, 0.2) is 6.61 Å². The molecule has 2 N–H and O–H groups in total. The molecule has 0 bridgehead atoms. The Morgan fingerprint density at radius 1 is 0.714 bits per heavy atom. The first-order chi connectivity index (χ1) is 16.9. The van der Waals surface area contributed by atoms with Gasteiger partial charge in [0.05, 0.1) is 6.11 Å². The maximum absolute atomic E-state index is 11.9. The lowest BCUT2D eigenvalue weighted by molar-refractivity contribution is -0.123. The van der Waals surface area contributed by atoms with Crippen LogP contribution in [0.5, 0.6) is 0 Å². The Hall–Kier alpha value is -1.67. The SMILES string of the molecule is C#CO[Si](CCCCNC(=O)COC(=O)NCCC[Si](OCC)(OCC)OCC)(OCC)OCC. The van der Waals surface area contributed by atoms with Crippen LogP contribution in [0.3, 0.4) is 0 Å². The number of carbonyl (C=O) groups is 2. The van der Waals surface area contributed by atoms with Gasteiger partial charge in [0.25, 0.3) is 5.91 Å². The van der Waals surface area contributed by atoms with Gasteiger partial charge >= 0.3 is 23.7 Å². The zero-order chi connectivity index (χ0) is 26.4. The Morgan fingerprint density at radius 2 is 1.20 bits per heavy atom. The van der Waals surface area contributed by atoms with E-state index in [-0.39, 0.29) is 12.5 Å². The fraction of sp³-hybridized carbons (Fsp3) is 0.818. The van der Waals surface area contributed by atoms with E-state index in [9.17, 15) is 9.59 Å². The van der Waals surface area contributed by atoms with Crippen molar-refractivity contribution < 1.29 is 40.9 Å². The summed E-state index contributed by atoms with van der Waals surface area (Å²) in [5, 5.41) is 5.34. The summed E-state index contributed by atoms with van der Waals surface area (Å²) in [7, 11) is -5.63. The normalized spacial score (nSPS) is 11.5. The van der Waals surface area contributed by atoms with Crippen LogP contribution in [0.2, 0.25) is 12.1 Å². The second kappa shape index (κ2) is 20.5. The van der Waals surface area contributed by atoms with E-state index in [2.05, 4.69) is 16.7 Å². The Morgan fingerprint density at radius 3 is 1.71 bits per heavy atom. The second-order valence-electron chi connectivity index (χ2n) is 7.16. The molecule has 0 spiro atoms. The summed E-state index contributed by atoms with van der Waals surface area (Å²) in [5.74, 6) is -0.381. The number of carbonyl (C=O) groups excluding carboxylic acids is 2. The van der Waals surface area contributed by atoms with Gasteiger partial charge in [-0.2, -0.15) is 0 Å². The zero-order valence-corrected chi connectivity index (χ0v) is 23.9. The van der Waals surface area contributed by atoms with Crippen molar-refractivity contribution in [1.82, 2.24) is 10.6 Å². The number of hydrogen-bond donors (Lipinski definition) is 2. The minimum Gasteiger partial charge on any atom is -0.451 e. The predicted molar refractivity (Wildman–Crippen MR) is 135 cm³/mol. The summed E-state index contributed by atoms with van der Waals surface area (Å²) in [6.07, 6.45) is 8.77. The fourth-order valence-electron chi connectivity index (χ4n) is 3.25. The molecule has 0 atom stereocenters. The summed E-state index contributed by atoms with van der Waals surface area (Å²) < 4.78 is 39.0. The summed E-state index contributed by atoms with van der Waals surface area (Å²) in [4.78, 5) is 23.8. The van der Waals surface area contributed by atoms with Crippen molar-refractivity contribution in [3.05, 3.63) is 0 Å². The molecule has 0 aromatic heterocycles. The van der Waals surface area contributed by atoms with Crippen molar-refractivity contribution in [1.29, 1.82) is 0 Å². The molecule has 0 saturated carbocycles. The molecule has 0 aliphatic heterocycles. The molecule has 0 aromatic carbocycles. The number of ether oxygens (including phenoxy) is 1. The minimum atomic E-state index is -2.89. The molecule has 0 rings (SSSR count). The van der Waals surface area contributed by atoms with E-state index < -0.39 is 23.7 Å². The van der Waals surface area contributed by atoms with E-state index in [1.54, 1.807) is 0 Å². The van der Waals surface area contributed by atoms with E-state index in [4.69, 9.17) is 37.7 Å². The van der Waals surface area contributed by atoms with Crippen molar-refractivity contribution in [3.8, 4) is 12.5 Å². The second-order valence-corrected chi connectivity index (χ2v) is 12.5. The van der Waals surface area contributed by atoms with Crippen LogP contribution in [0, 0.1) is 12.5 Å². The largest absolute Gasteiger partial charge is 0.574 e. The van der Waals surface area contributed by atoms with Gasteiger partial charge in [-0.25, -0.2) is 4.79 Å². The summed E-state index contributed by atoms with van der Waals surface area (Å²) >= 11 is 0. The molecule has 35 heavy (non-hydrogen) atoms. The quantitative estimate of drug-likeness (QED) is 0.122. The average molecular weight is 537 g/mol. The van der Waals surface area contributed by atoms with Crippen molar-refractivity contribution in [2.24, 2.45) is 0 Å². The van der Waals surface area contributed by atoms with Gasteiger partial charge in [-0.05, 0) is 53.9 Å². The summed E-state index contributed by atoms with van der Waals surface area (Å²) in [6, 6.07) is 1.13. The van der Waals surface area contributed by atoms with Crippen LogP contribution in [-0.4, -0.2) is 82.3 Å². The molecule has 0 saturated heterocycles. The topological polar surface area (TPSA) is 123 Å². The monoisotopic (exact) mass is 536 g/mol. The molecule has 13 heteroatoms. The molecule has 0 aromatic rings. The van der Waals surface area contributed by atoms with Crippen molar-refractivity contribution in [2.45, 2.75) is 66.0 Å².